The molecular formula is C10H12BrFN2O. The normalized spacial score (nSPS) is 10.5. The molecule has 0 saturated carbocycles. The van der Waals surface area contributed by atoms with Gasteiger partial charge in [-0.3, -0.25) is 10.2 Å². The highest BCUT2D eigenvalue weighted by Gasteiger charge is 2.08. The molecule has 0 aliphatic rings. The van der Waals surface area contributed by atoms with Gasteiger partial charge in [0, 0.05) is 18.6 Å². The average molecular weight is 275 g/mol. The molecule has 82 valence electrons. The second-order valence-electron chi connectivity index (χ2n) is 3.34. The molecular weight excluding hydrogens is 263 g/mol. The molecule has 0 aliphatic heterocycles. The molecule has 0 atom stereocenters. The van der Waals surface area contributed by atoms with Gasteiger partial charge >= 0.3 is 0 Å². The van der Waals surface area contributed by atoms with Gasteiger partial charge in [0.25, 0.3) is 0 Å². The number of halogens is 2. The van der Waals surface area contributed by atoms with Crippen LogP contribution in [0.2, 0.25) is 0 Å². The number of hydrazine groups is 1. The first-order chi connectivity index (χ1) is 6.99. The molecule has 1 rings (SSSR count). The standard InChI is InChI=1S/C10H12BrFN2O/c1-14(2)13-10(15)6-7-5-8(11)3-4-9(7)12/h3-5H,6H2,1-2H3,(H,13,15). The Morgan fingerprint density at radius 1 is 1.53 bits per heavy atom. The molecule has 0 spiro atoms. The van der Waals surface area contributed by atoms with Crippen molar-refractivity contribution in [3.05, 3.63) is 34.1 Å². The zero-order chi connectivity index (χ0) is 11.4. The Labute approximate surface area is 96.4 Å². The number of benzene rings is 1. The van der Waals surface area contributed by atoms with E-state index < -0.39 is 0 Å². The molecule has 0 fully saturated rings. The van der Waals surface area contributed by atoms with Crippen LogP contribution in [0.1, 0.15) is 5.56 Å². The van der Waals surface area contributed by atoms with Gasteiger partial charge in [-0.05, 0) is 23.8 Å². The predicted molar refractivity (Wildman–Crippen MR) is 59.6 cm³/mol. The molecule has 1 aromatic rings. The lowest BCUT2D eigenvalue weighted by Crippen LogP contribution is -2.37. The van der Waals surface area contributed by atoms with Gasteiger partial charge in [-0.1, -0.05) is 15.9 Å². The van der Waals surface area contributed by atoms with Crippen molar-refractivity contribution in [2.75, 3.05) is 14.1 Å². The molecule has 0 aliphatic carbocycles. The van der Waals surface area contributed by atoms with Crippen LogP contribution in [0.5, 0.6) is 0 Å². The highest BCUT2D eigenvalue weighted by Crippen LogP contribution is 2.15. The molecule has 0 radical (unpaired) electrons. The van der Waals surface area contributed by atoms with Crippen molar-refractivity contribution in [2.24, 2.45) is 0 Å². The van der Waals surface area contributed by atoms with Crippen LogP contribution >= 0.6 is 15.9 Å². The van der Waals surface area contributed by atoms with Crippen molar-refractivity contribution >= 4 is 21.8 Å². The van der Waals surface area contributed by atoms with Crippen LogP contribution in [0.3, 0.4) is 0 Å². The molecule has 0 aromatic heterocycles. The summed E-state index contributed by atoms with van der Waals surface area (Å²) >= 11 is 3.23. The molecule has 0 bridgehead atoms. The van der Waals surface area contributed by atoms with Gasteiger partial charge in [-0.2, -0.15) is 0 Å². The summed E-state index contributed by atoms with van der Waals surface area (Å²) in [5.74, 6) is -0.607. The monoisotopic (exact) mass is 274 g/mol. The number of hydrogen-bond acceptors (Lipinski definition) is 2. The van der Waals surface area contributed by atoms with Gasteiger partial charge in [0.15, 0.2) is 0 Å². The smallest absolute Gasteiger partial charge is 0.238 e. The van der Waals surface area contributed by atoms with E-state index in [-0.39, 0.29) is 18.1 Å². The molecule has 3 nitrogen and oxygen atoms in total. The number of nitrogens with zero attached hydrogens (tertiary/aromatic N) is 1. The highest BCUT2D eigenvalue weighted by molar-refractivity contribution is 9.10. The number of carbonyl (C=O) groups is 1. The number of nitrogens with one attached hydrogen (secondary N) is 1. The van der Waals surface area contributed by atoms with Crippen LogP contribution in [-0.2, 0) is 11.2 Å². The van der Waals surface area contributed by atoms with E-state index in [1.807, 2.05) is 0 Å². The fourth-order valence-electron chi connectivity index (χ4n) is 1.14. The van der Waals surface area contributed by atoms with Crippen molar-refractivity contribution in [1.82, 2.24) is 10.4 Å². The van der Waals surface area contributed by atoms with Crippen LogP contribution < -0.4 is 5.43 Å². The summed E-state index contributed by atoms with van der Waals surface area (Å²) in [6.07, 6.45) is 0.0312. The van der Waals surface area contributed by atoms with Gasteiger partial charge in [-0.15, -0.1) is 0 Å². The first-order valence-electron chi connectivity index (χ1n) is 4.40. The molecule has 5 heteroatoms. The highest BCUT2D eigenvalue weighted by atomic mass is 79.9. The number of carbonyl (C=O) groups excluding carboxylic acids is 1. The zero-order valence-electron chi connectivity index (χ0n) is 8.55. The maximum atomic E-state index is 13.3. The Kier molecular flexibility index (Phi) is 4.23. The molecule has 1 N–H and O–H groups in total. The quantitative estimate of drug-likeness (QED) is 0.852. The Balaban J connectivity index is 2.71. The second-order valence-corrected chi connectivity index (χ2v) is 4.26. The average Bonchev–Trinajstić information content (AvgIpc) is 2.10. The minimum atomic E-state index is -0.368. The van der Waals surface area contributed by atoms with Gasteiger partial charge < -0.3 is 0 Å². The third-order valence-corrected chi connectivity index (χ3v) is 2.20. The van der Waals surface area contributed by atoms with Crippen LogP contribution in [0.15, 0.2) is 22.7 Å². The molecule has 0 heterocycles. The fraction of sp³-hybridized carbons (Fsp3) is 0.300. The third-order valence-electron chi connectivity index (χ3n) is 1.71. The van der Waals surface area contributed by atoms with Crippen LogP contribution in [0.25, 0.3) is 0 Å². The SMILES string of the molecule is CN(C)NC(=O)Cc1cc(Br)ccc1F. The van der Waals surface area contributed by atoms with E-state index in [2.05, 4.69) is 21.4 Å². The lowest BCUT2D eigenvalue weighted by Gasteiger charge is -2.11. The number of amides is 1. The molecule has 15 heavy (non-hydrogen) atoms. The first-order valence-corrected chi connectivity index (χ1v) is 5.19. The topological polar surface area (TPSA) is 32.3 Å². The largest absolute Gasteiger partial charge is 0.289 e. The Morgan fingerprint density at radius 2 is 2.20 bits per heavy atom. The van der Waals surface area contributed by atoms with Gasteiger partial charge in [-0.25, -0.2) is 9.40 Å². The predicted octanol–water partition coefficient (Wildman–Crippen LogP) is 1.72. The van der Waals surface area contributed by atoms with E-state index in [4.69, 9.17) is 0 Å². The first kappa shape index (κ1) is 12.1. The maximum Gasteiger partial charge on any atom is 0.238 e. The minimum absolute atomic E-state index is 0.0312. The minimum Gasteiger partial charge on any atom is -0.289 e. The summed E-state index contributed by atoms with van der Waals surface area (Å²) in [6.45, 7) is 0. The fourth-order valence-corrected chi connectivity index (χ4v) is 1.55. The van der Waals surface area contributed by atoms with Crippen LogP contribution in [0.4, 0.5) is 4.39 Å². The summed E-state index contributed by atoms with van der Waals surface area (Å²) in [5.41, 5.74) is 2.93. The molecule has 0 saturated heterocycles. The Hall–Kier alpha value is -0.940. The zero-order valence-corrected chi connectivity index (χ0v) is 10.1. The van der Waals surface area contributed by atoms with Gasteiger partial charge in [0.05, 0.1) is 6.42 Å². The Morgan fingerprint density at radius 3 is 2.80 bits per heavy atom. The van der Waals surface area contributed by atoms with E-state index in [9.17, 15) is 9.18 Å². The second kappa shape index (κ2) is 5.23. The van der Waals surface area contributed by atoms with E-state index in [1.165, 1.54) is 11.1 Å². The summed E-state index contributed by atoms with van der Waals surface area (Å²) < 4.78 is 14.0. The summed E-state index contributed by atoms with van der Waals surface area (Å²) in [7, 11) is 3.41. The van der Waals surface area contributed by atoms with E-state index in [0.29, 0.717) is 5.56 Å². The van der Waals surface area contributed by atoms with Gasteiger partial charge in [0.1, 0.15) is 5.82 Å². The van der Waals surface area contributed by atoms with Crippen molar-refractivity contribution in [1.29, 1.82) is 0 Å². The summed E-state index contributed by atoms with van der Waals surface area (Å²) in [5, 5.41) is 1.53. The maximum absolute atomic E-state index is 13.3. The van der Waals surface area contributed by atoms with E-state index >= 15 is 0 Å². The van der Waals surface area contributed by atoms with Crippen molar-refractivity contribution in [2.45, 2.75) is 6.42 Å². The van der Waals surface area contributed by atoms with Crippen molar-refractivity contribution in [3.8, 4) is 0 Å². The third kappa shape index (κ3) is 3.97. The van der Waals surface area contributed by atoms with Crippen LogP contribution in [0, 0.1) is 5.82 Å². The van der Waals surface area contributed by atoms with Crippen molar-refractivity contribution in [3.63, 3.8) is 0 Å². The summed E-state index contributed by atoms with van der Waals surface area (Å²) in [4.78, 5) is 11.4. The van der Waals surface area contributed by atoms with Gasteiger partial charge in [0.2, 0.25) is 5.91 Å². The molecule has 1 aromatic carbocycles. The number of hydrogen-bond donors (Lipinski definition) is 1. The Bertz CT molecular complexity index is 368. The lowest BCUT2D eigenvalue weighted by atomic mass is 10.1. The van der Waals surface area contributed by atoms with E-state index in [1.54, 1.807) is 26.2 Å². The molecule has 1 amide bonds. The van der Waals surface area contributed by atoms with Crippen molar-refractivity contribution < 1.29 is 9.18 Å². The number of rotatable bonds is 3. The lowest BCUT2D eigenvalue weighted by molar-refractivity contribution is -0.124. The summed E-state index contributed by atoms with van der Waals surface area (Å²) in [6, 6.07) is 4.54. The molecule has 0 unspecified atom stereocenters. The van der Waals surface area contributed by atoms with E-state index in [0.717, 1.165) is 4.47 Å². The van der Waals surface area contributed by atoms with Crippen LogP contribution in [-0.4, -0.2) is 25.0 Å².